The van der Waals surface area contributed by atoms with Gasteiger partial charge in [-0.15, -0.1) is 0 Å². The molecule has 0 bridgehead atoms. The quantitative estimate of drug-likeness (QED) is 0.406. The van der Waals surface area contributed by atoms with Gasteiger partial charge in [0.25, 0.3) is 0 Å². The van der Waals surface area contributed by atoms with E-state index < -0.39 is 16.1 Å². The van der Waals surface area contributed by atoms with Crippen LogP contribution in [0.1, 0.15) is 57.6 Å². The molecule has 8 heteroatoms. The van der Waals surface area contributed by atoms with E-state index in [0.717, 1.165) is 17.5 Å². The first-order valence-electron chi connectivity index (χ1n) is 12.7. The van der Waals surface area contributed by atoms with Gasteiger partial charge >= 0.3 is 0 Å². The Bertz CT molecular complexity index is 1090. The van der Waals surface area contributed by atoms with Crippen LogP contribution in [0.5, 0.6) is 0 Å². The van der Waals surface area contributed by atoms with Crippen LogP contribution in [-0.4, -0.2) is 56.6 Å². The van der Waals surface area contributed by atoms with E-state index in [1.807, 2.05) is 76.2 Å². The molecule has 0 unspecified atom stereocenters. The lowest BCUT2D eigenvalue weighted by Crippen LogP contribution is -2.51. The third kappa shape index (κ3) is 8.97. The van der Waals surface area contributed by atoms with Crippen LogP contribution >= 0.6 is 0 Å². The maximum absolute atomic E-state index is 13.4. The summed E-state index contributed by atoms with van der Waals surface area (Å²) in [6, 6.07) is 16.6. The molecule has 0 spiro atoms. The summed E-state index contributed by atoms with van der Waals surface area (Å²) >= 11 is 0. The van der Waals surface area contributed by atoms with Crippen LogP contribution < -0.4 is 9.62 Å². The maximum atomic E-state index is 13.4. The molecule has 0 aromatic heterocycles. The standard InChI is InChI=1S/C28H41N3O4S/c1-6-23(4)29-28(33)26(7-2)30(20-18-24-14-9-8-10-15-24)27(32)17-12-19-31(36(5,34)35)25-16-11-13-22(3)21-25/h8-11,13-16,21,23,26H,6-7,12,17-20H2,1-5H3,(H,29,33)/t23-,26-/m1/s1. The molecule has 0 fully saturated rings. The molecule has 0 aliphatic heterocycles. The molecule has 2 atom stereocenters. The average molecular weight is 516 g/mol. The van der Waals surface area contributed by atoms with Crippen LogP contribution in [0.25, 0.3) is 0 Å². The van der Waals surface area contributed by atoms with Crippen molar-refractivity contribution >= 4 is 27.5 Å². The van der Waals surface area contributed by atoms with Crippen molar-refractivity contribution in [3.63, 3.8) is 0 Å². The van der Waals surface area contributed by atoms with Gasteiger partial charge in [-0.25, -0.2) is 8.42 Å². The molecule has 0 aliphatic rings. The summed E-state index contributed by atoms with van der Waals surface area (Å²) in [7, 11) is -3.51. The molecule has 0 radical (unpaired) electrons. The Balaban J connectivity index is 2.16. The second-order valence-electron chi connectivity index (χ2n) is 9.34. The Labute approximate surface area is 216 Å². The largest absolute Gasteiger partial charge is 0.352 e. The van der Waals surface area contributed by atoms with Crippen molar-refractivity contribution in [1.29, 1.82) is 0 Å². The first-order valence-corrected chi connectivity index (χ1v) is 14.6. The van der Waals surface area contributed by atoms with E-state index >= 15 is 0 Å². The Kier molecular flexibility index (Phi) is 11.4. The molecule has 0 saturated carbocycles. The van der Waals surface area contributed by atoms with E-state index in [0.29, 0.717) is 31.5 Å². The molecule has 1 N–H and O–H groups in total. The summed E-state index contributed by atoms with van der Waals surface area (Å²) in [5, 5.41) is 3.01. The van der Waals surface area contributed by atoms with Gasteiger partial charge in [0.2, 0.25) is 21.8 Å². The van der Waals surface area contributed by atoms with E-state index in [2.05, 4.69) is 5.32 Å². The van der Waals surface area contributed by atoms with Gasteiger partial charge in [-0.1, -0.05) is 56.3 Å². The van der Waals surface area contributed by atoms with E-state index in [9.17, 15) is 18.0 Å². The molecule has 198 valence electrons. The van der Waals surface area contributed by atoms with Crippen molar-refractivity contribution in [3.8, 4) is 0 Å². The van der Waals surface area contributed by atoms with E-state index in [4.69, 9.17) is 0 Å². The lowest BCUT2D eigenvalue weighted by atomic mass is 10.1. The van der Waals surface area contributed by atoms with E-state index in [1.165, 1.54) is 10.6 Å². The minimum atomic E-state index is -3.51. The maximum Gasteiger partial charge on any atom is 0.243 e. The number of benzene rings is 2. The number of hydrogen-bond acceptors (Lipinski definition) is 4. The fourth-order valence-corrected chi connectivity index (χ4v) is 5.08. The number of nitrogens with zero attached hydrogens (tertiary/aromatic N) is 2. The van der Waals surface area contributed by atoms with Crippen LogP contribution in [-0.2, 0) is 26.0 Å². The molecule has 2 amide bonds. The topological polar surface area (TPSA) is 86.8 Å². The monoisotopic (exact) mass is 515 g/mol. The van der Waals surface area contributed by atoms with Gasteiger partial charge in [0.15, 0.2) is 0 Å². The molecule has 0 aliphatic carbocycles. The summed E-state index contributed by atoms with van der Waals surface area (Å²) in [6.45, 7) is 8.39. The van der Waals surface area contributed by atoms with Gasteiger partial charge in [0, 0.05) is 25.6 Å². The number of amides is 2. The Morgan fingerprint density at radius 2 is 1.67 bits per heavy atom. The van der Waals surface area contributed by atoms with Crippen LogP contribution in [0.15, 0.2) is 54.6 Å². The van der Waals surface area contributed by atoms with Gasteiger partial charge in [-0.2, -0.15) is 0 Å². The Morgan fingerprint density at radius 3 is 2.25 bits per heavy atom. The number of anilines is 1. The fraction of sp³-hybridized carbons (Fsp3) is 0.500. The molecule has 2 aromatic rings. The first-order chi connectivity index (χ1) is 17.1. The molecule has 36 heavy (non-hydrogen) atoms. The van der Waals surface area contributed by atoms with Crippen molar-refractivity contribution < 1.29 is 18.0 Å². The smallest absolute Gasteiger partial charge is 0.243 e. The number of aryl methyl sites for hydroxylation is 1. The summed E-state index contributed by atoms with van der Waals surface area (Å²) in [5.41, 5.74) is 2.64. The number of nitrogens with one attached hydrogen (secondary N) is 1. The van der Waals surface area contributed by atoms with Gasteiger partial charge < -0.3 is 10.2 Å². The number of hydrogen-bond donors (Lipinski definition) is 1. The first kappa shape index (κ1) is 29.4. The third-order valence-corrected chi connectivity index (χ3v) is 7.51. The minimum Gasteiger partial charge on any atom is -0.352 e. The highest BCUT2D eigenvalue weighted by molar-refractivity contribution is 7.92. The number of carbonyl (C=O) groups is 2. The molecule has 2 rings (SSSR count). The third-order valence-electron chi connectivity index (χ3n) is 6.31. The lowest BCUT2D eigenvalue weighted by Gasteiger charge is -2.32. The fourth-order valence-electron chi connectivity index (χ4n) is 4.12. The van der Waals surface area contributed by atoms with Crippen LogP contribution in [0.4, 0.5) is 5.69 Å². The molecular weight excluding hydrogens is 474 g/mol. The summed E-state index contributed by atoms with van der Waals surface area (Å²) in [4.78, 5) is 28.1. The van der Waals surface area contributed by atoms with Gasteiger partial charge in [0.05, 0.1) is 11.9 Å². The normalized spacial score (nSPS) is 13.0. The predicted octanol–water partition coefficient (Wildman–Crippen LogP) is 4.31. The molecule has 0 heterocycles. The van der Waals surface area contributed by atoms with E-state index in [-0.39, 0.29) is 30.8 Å². The number of sulfonamides is 1. The van der Waals surface area contributed by atoms with Gasteiger partial charge in [-0.3, -0.25) is 13.9 Å². The van der Waals surface area contributed by atoms with Crippen molar-refractivity contribution in [2.24, 2.45) is 0 Å². The highest BCUT2D eigenvalue weighted by Crippen LogP contribution is 2.20. The second-order valence-corrected chi connectivity index (χ2v) is 11.2. The highest BCUT2D eigenvalue weighted by Gasteiger charge is 2.29. The molecule has 0 saturated heterocycles. The zero-order chi connectivity index (χ0) is 26.7. The zero-order valence-electron chi connectivity index (χ0n) is 22.2. The summed E-state index contributed by atoms with van der Waals surface area (Å²) in [6.07, 6.45) is 3.63. The van der Waals surface area contributed by atoms with Crippen LogP contribution in [0.3, 0.4) is 0 Å². The van der Waals surface area contributed by atoms with Crippen molar-refractivity contribution in [1.82, 2.24) is 10.2 Å². The highest BCUT2D eigenvalue weighted by atomic mass is 32.2. The van der Waals surface area contributed by atoms with Gasteiger partial charge in [0.1, 0.15) is 6.04 Å². The minimum absolute atomic E-state index is 0.0234. The van der Waals surface area contributed by atoms with Crippen molar-refractivity contribution in [2.45, 2.75) is 71.9 Å². The van der Waals surface area contributed by atoms with Gasteiger partial charge in [-0.05, 0) is 62.8 Å². The zero-order valence-corrected chi connectivity index (χ0v) is 23.1. The summed E-state index contributed by atoms with van der Waals surface area (Å²) < 4.78 is 26.3. The van der Waals surface area contributed by atoms with Crippen LogP contribution in [0.2, 0.25) is 0 Å². The van der Waals surface area contributed by atoms with E-state index in [1.54, 1.807) is 11.0 Å². The van der Waals surface area contributed by atoms with Crippen molar-refractivity contribution in [2.75, 3.05) is 23.7 Å². The SMILES string of the molecule is CC[C@@H](C)NC(=O)[C@@H](CC)N(CCc1ccccc1)C(=O)CCCN(c1cccc(C)c1)S(C)(=O)=O. The molecular formula is C28H41N3O4S. The number of rotatable bonds is 14. The van der Waals surface area contributed by atoms with Crippen LogP contribution in [0, 0.1) is 6.92 Å². The molecule has 2 aromatic carbocycles. The lowest BCUT2D eigenvalue weighted by molar-refractivity contribution is -0.141. The number of carbonyl (C=O) groups excluding carboxylic acids is 2. The van der Waals surface area contributed by atoms with Crippen molar-refractivity contribution in [3.05, 3.63) is 65.7 Å². The Hall–Kier alpha value is -2.87. The predicted molar refractivity (Wildman–Crippen MR) is 146 cm³/mol. The summed E-state index contributed by atoms with van der Waals surface area (Å²) in [5.74, 6) is -0.291. The average Bonchev–Trinajstić information content (AvgIpc) is 2.83. The second kappa shape index (κ2) is 14.0. The Morgan fingerprint density at radius 1 is 0.972 bits per heavy atom. The molecule has 7 nitrogen and oxygen atoms in total.